The van der Waals surface area contributed by atoms with Crippen LogP contribution in [-0.2, 0) is 16.1 Å². The Morgan fingerprint density at radius 1 is 1.03 bits per heavy atom. The Hall–Kier alpha value is -3.46. The molecule has 0 unspecified atom stereocenters. The summed E-state index contributed by atoms with van der Waals surface area (Å²) in [6.07, 6.45) is 0.757. The lowest BCUT2D eigenvalue weighted by Gasteiger charge is -2.18. The van der Waals surface area contributed by atoms with Crippen LogP contribution >= 0.6 is 34.8 Å². The lowest BCUT2D eigenvalue weighted by atomic mass is 10.0. The van der Waals surface area contributed by atoms with Crippen molar-refractivity contribution in [1.82, 2.24) is 10.7 Å². The molecule has 0 aromatic heterocycles. The molecule has 0 fully saturated rings. The summed E-state index contributed by atoms with van der Waals surface area (Å²) in [5.41, 5.74) is 4.51. The maximum absolute atomic E-state index is 12.6. The molecule has 3 aromatic carbocycles. The van der Waals surface area contributed by atoms with Crippen molar-refractivity contribution in [3.8, 4) is 11.5 Å². The first-order chi connectivity index (χ1) is 18.3. The van der Waals surface area contributed by atoms with Gasteiger partial charge in [0.25, 0.3) is 0 Å². The normalized spacial score (nSPS) is 11.6. The van der Waals surface area contributed by atoms with Crippen molar-refractivity contribution < 1.29 is 23.8 Å². The van der Waals surface area contributed by atoms with Gasteiger partial charge in [-0.25, -0.2) is 10.2 Å². The number of carbonyl (C=O) groups is 2. The topological polar surface area (TPSA) is 98.2 Å². The number of methoxy groups -OCH3 is 1. The van der Waals surface area contributed by atoms with Crippen molar-refractivity contribution in [3.63, 3.8) is 0 Å². The van der Waals surface area contributed by atoms with Crippen LogP contribution in [0.2, 0.25) is 15.1 Å². The molecule has 8 nitrogen and oxygen atoms in total. The summed E-state index contributed by atoms with van der Waals surface area (Å²) in [6, 6.07) is 16.9. The average molecular weight is 579 g/mol. The molecule has 0 bridgehead atoms. The second-order valence-electron chi connectivity index (χ2n) is 7.88. The van der Waals surface area contributed by atoms with Crippen molar-refractivity contribution in [2.24, 2.45) is 5.10 Å². The van der Waals surface area contributed by atoms with Gasteiger partial charge in [0, 0.05) is 15.6 Å². The molecule has 1 atom stereocenters. The third kappa shape index (κ3) is 8.55. The van der Waals surface area contributed by atoms with E-state index in [4.69, 9.17) is 49.0 Å². The number of benzene rings is 3. The molecule has 0 aliphatic heterocycles. The van der Waals surface area contributed by atoms with Crippen LogP contribution in [0.4, 0.5) is 4.79 Å². The van der Waals surface area contributed by atoms with Gasteiger partial charge in [0.05, 0.1) is 37.4 Å². The number of alkyl carbamates (subject to hydrolysis) is 1. The van der Waals surface area contributed by atoms with Crippen LogP contribution in [0.15, 0.2) is 65.8 Å². The highest BCUT2D eigenvalue weighted by molar-refractivity contribution is 6.35. The fourth-order valence-corrected chi connectivity index (χ4v) is 4.14. The van der Waals surface area contributed by atoms with Crippen LogP contribution in [-0.4, -0.2) is 31.9 Å². The van der Waals surface area contributed by atoms with E-state index in [-0.39, 0.29) is 24.7 Å². The van der Waals surface area contributed by atoms with Gasteiger partial charge in [-0.2, -0.15) is 5.10 Å². The average Bonchev–Trinajstić information content (AvgIpc) is 2.89. The number of nitrogens with one attached hydrogen (secondary N) is 2. The third-order valence-electron chi connectivity index (χ3n) is 5.20. The van der Waals surface area contributed by atoms with Crippen LogP contribution in [0, 0.1) is 0 Å². The summed E-state index contributed by atoms with van der Waals surface area (Å²) in [5.74, 6) is 0.292. The van der Waals surface area contributed by atoms with E-state index < -0.39 is 18.0 Å². The molecule has 2 amide bonds. The molecule has 0 saturated heterocycles. The van der Waals surface area contributed by atoms with E-state index in [1.54, 1.807) is 37.3 Å². The van der Waals surface area contributed by atoms with Crippen molar-refractivity contribution in [3.05, 3.63) is 92.4 Å². The van der Waals surface area contributed by atoms with Gasteiger partial charge < -0.3 is 19.5 Å². The molecule has 0 aliphatic carbocycles. The van der Waals surface area contributed by atoms with Crippen LogP contribution in [0.25, 0.3) is 0 Å². The minimum Gasteiger partial charge on any atom is -0.493 e. The Bertz CT molecular complexity index is 1290. The molecule has 11 heteroatoms. The smallest absolute Gasteiger partial charge is 0.407 e. The maximum atomic E-state index is 12.6. The van der Waals surface area contributed by atoms with Crippen LogP contribution in [0.5, 0.6) is 11.5 Å². The molecule has 0 spiro atoms. The van der Waals surface area contributed by atoms with Crippen LogP contribution < -0.4 is 20.2 Å². The minimum absolute atomic E-state index is 0.0513. The van der Waals surface area contributed by atoms with Gasteiger partial charge in [-0.1, -0.05) is 71.2 Å². The predicted molar refractivity (Wildman–Crippen MR) is 148 cm³/mol. The first-order valence-electron chi connectivity index (χ1n) is 11.5. The quantitative estimate of drug-likeness (QED) is 0.198. The molecule has 38 heavy (non-hydrogen) atoms. The molecule has 0 radical (unpaired) electrons. The molecule has 2 N–H and O–H groups in total. The predicted octanol–water partition coefficient (Wildman–Crippen LogP) is 6.56. The summed E-state index contributed by atoms with van der Waals surface area (Å²) in [4.78, 5) is 24.5. The monoisotopic (exact) mass is 577 g/mol. The highest BCUT2D eigenvalue weighted by Crippen LogP contribution is 2.37. The number of carbonyl (C=O) groups excluding carboxylic acids is 2. The number of ether oxygens (including phenoxy) is 3. The van der Waals surface area contributed by atoms with Gasteiger partial charge in [-0.15, -0.1) is 0 Å². The molecular formula is C27H26Cl3N3O5. The summed E-state index contributed by atoms with van der Waals surface area (Å²) >= 11 is 18.6. The standard InChI is InChI=1S/C27H26Cl3N3O5/c1-3-37-27(35)32-23(18-7-5-4-6-8-18)14-25(34)33-31-15-17-11-22(30)26(24(12-17)36-2)38-16-19-9-10-20(28)13-21(19)29/h4-13,15,23H,3,14,16H2,1-2H3,(H,32,35)(H,33,34)/b31-15-/t23-/m1/s1. The highest BCUT2D eigenvalue weighted by Gasteiger charge is 2.19. The molecule has 3 aromatic rings. The number of hydrogen-bond donors (Lipinski definition) is 2. The Kier molecular flexibility index (Phi) is 11.1. The Balaban J connectivity index is 1.65. The maximum Gasteiger partial charge on any atom is 0.407 e. The molecule has 200 valence electrons. The lowest BCUT2D eigenvalue weighted by molar-refractivity contribution is -0.121. The van der Waals surface area contributed by atoms with Crippen molar-refractivity contribution >= 4 is 53.0 Å². The van der Waals surface area contributed by atoms with Gasteiger partial charge >= 0.3 is 6.09 Å². The Morgan fingerprint density at radius 3 is 2.47 bits per heavy atom. The van der Waals surface area contributed by atoms with E-state index in [0.717, 1.165) is 11.1 Å². The summed E-state index contributed by atoms with van der Waals surface area (Å²) in [5, 5.41) is 7.98. The van der Waals surface area contributed by atoms with Crippen LogP contribution in [0.3, 0.4) is 0 Å². The second kappa shape index (κ2) is 14.5. The number of hydrogen-bond acceptors (Lipinski definition) is 6. The number of rotatable bonds is 11. The zero-order valence-electron chi connectivity index (χ0n) is 20.7. The molecule has 0 heterocycles. The zero-order valence-corrected chi connectivity index (χ0v) is 22.9. The fraction of sp³-hybridized carbons (Fsp3) is 0.222. The minimum atomic E-state index is -0.611. The van der Waals surface area contributed by atoms with E-state index in [2.05, 4.69) is 15.8 Å². The van der Waals surface area contributed by atoms with Crippen molar-refractivity contribution in [1.29, 1.82) is 0 Å². The first kappa shape index (κ1) is 29.1. The van der Waals surface area contributed by atoms with E-state index in [0.29, 0.717) is 27.1 Å². The Labute approximate surface area is 235 Å². The molecular weight excluding hydrogens is 553 g/mol. The van der Waals surface area contributed by atoms with Crippen LogP contribution in [0.1, 0.15) is 36.1 Å². The number of halogens is 3. The van der Waals surface area contributed by atoms with Crippen molar-refractivity contribution in [2.45, 2.75) is 26.0 Å². The molecule has 3 rings (SSSR count). The molecule has 0 aliphatic rings. The molecule has 0 saturated carbocycles. The number of nitrogens with zero attached hydrogens (tertiary/aromatic N) is 1. The van der Waals surface area contributed by atoms with E-state index >= 15 is 0 Å². The summed E-state index contributed by atoms with van der Waals surface area (Å²) in [6.45, 7) is 2.07. The third-order valence-corrected chi connectivity index (χ3v) is 6.07. The van der Waals surface area contributed by atoms with Crippen molar-refractivity contribution in [2.75, 3.05) is 13.7 Å². The van der Waals surface area contributed by atoms with Gasteiger partial charge in [0.1, 0.15) is 6.61 Å². The van der Waals surface area contributed by atoms with Gasteiger partial charge in [0.15, 0.2) is 11.5 Å². The second-order valence-corrected chi connectivity index (χ2v) is 9.13. The Morgan fingerprint density at radius 2 is 1.79 bits per heavy atom. The SMILES string of the molecule is CCOC(=O)N[C@H](CC(=O)N/N=C\c1cc(Cl)c(OCc2ccc(Cl)cc2Cl)c(OC)c1)c1ccccc1. The van der Waals surface area contributed by atoms with E-state index in [9.17, 15) is 9.59 Å². The largest absolute Gasteiger partial charge is 0.493 e. The summed E-state index contributed by atoms with van der Waals surface area (Å²) < 4.78 is 16.2. The van der Waals surface area contributed by atoms with E-state index in [1.165, 1.54) is 13.3 Å². The van der Waals surface area contributed by atoms with E-state index in [1.807, 2.05) is 30.3 Å². The highest BCUT2D eigenvalue weighted by atomic mass is 35.5. The zero-order chi connectivity index (χ0) is 27.5. The summed E-state index contributed by atoms with van der Waals surface area (Å²) in [7, 11) is 1.48. The van der Waals surface area contributed by atoms with Gasteiger partial charge in [-0.3, -0.25) is 4.79 Å². The first-order valence-corrected chi connectivity index (χ1v) is 12.7. The fourth-order valence-electron chi connectivity index (χ4n) is 3.41. The lowest BCUT2D eigenvalue weighted by Crippen LogP contribution is -2.33. The number of amides is 2. The number of hydrazone groups is 1. The van der Waals surface area contributed by atoms with Gasteiger partial charge in [-0.05, 0) is 42.3 Å². The van der Waals surface area contributed by atoms with Gasteiger partial charge in [0.2, 0.25) is 5.91 Å².